The molecule has 1 heterocycles. The van der Waals surface area contributed by atoms with Crippen molar-refractivity contribution in [3.63, 3.8) is 0 Å². The number of hydrogen-bond acceptors (Lipinski definition) is 5. The number of thioether (sulfide) groups is 1. The molecular weight excluding hydrogens is 320 g/mol. The summed E-state index contributed by atoms with van der Waals surface area (Å²) < 4.78 is 5.14. The number of hydrogen-bond donors (Lipinski definition) is 3. The van der Waals surface area contributed by atoms with Crippen LogP contribution in [0.4, 0.5) is 10.5 Å². The molecule has 1 aromatic rings. The lowest BCUT2D eigenvalue weighted by Crippen LogP contribution is -2.46. The molecule has 0 spiro atoms. The van der Waals surface area contributed by atoms with Gasteiger partial charge < -0.3 is 20.5 Å². The summed E-state index contributed by atoms with van der Waals surface area (Å²) in [5, 5.41) is 14.2. The number of benzene rings is 1. The molecule has 0 bridgehead atoms. The van der Waals surface area contributed by atoms with Crippen LogP contribution in [0.2, 0.25) is 0 Å². The maximum atomic E-state index is 12.2. The number of aromatic carboxylic acids is 1. The van der Waals surface area contributed by atoms with E-state index in [1.165, 1.54) is 23.9 Å². The molecule has 3 N–H and O–H groups in total. The maximum absolute atomic E-state index is 12.2. The fourth-order valence-electron chi connectivity index (χ4n) is 1.91. The Bertz CT molecular complexity index is 654. The van der Waals surface area contributed by atoms with Crippen molar-refractivity contribution in [3.8, 4) is 0 Å². The van der Waals surface area contributed by atoms with E-state index >= 15 is 0 Å². The van der Waals surface area contributed by atoms with Gasteiger partial charge in [-0.05, 0) is 39.0 Å². The summed E-state index contributed by atoms with van der Waals surface area (Å²) in [6.07, 6.45) is -0.671. The average molecular weight is 338 g/mol. The molecule has 0 aliphatic carbocycles. The summed E-state index contributed by atoms with van der Waals surface area (Å²) in [6, 6.07) is 3.75. The molecule has 0 radical (unpaired) electrons. The van der Waals surface area contributed by atoms with E-state index in [2.05, 4.69) is 10.6 Å². The molecule has 0 saturated carbocycles. The topological polar surface area (TPSA) is 105 Å². The van der Waals surface area contributed by atoms with Crippen LogP contribution in [0.15, 0.2) is 23.1 Å². The molecule has 1 aromatic carbocycles. The predicted octanol–water partition coefficient (Wildman–Crippen LogP) is 2.32. The number of carboxylic acids is 1. The maximum Gasteiger partial charge on any atom is 0.408 e. The average Bonchev–Trinajstić information content (AvgIpc) is 2.55. The first-order valence-corrected chi connectivity index (χ1v) is 7.95. The highest BCUT2D eigenvalue weighted by Crippen LogP contribution is 2.31. The number of carbonyl (C=O) groups is 3. The monoisotopic (exact) mass is 338 g/mol. The summed E-state index contributed by atoms with van der Waals surface area (Å²) in [4.78, 5) is 35.8. The van der Waals surface area contributed by atoms with Gasteiger partial charge in [-0.3, -0.25) is 4.79 Å². The van der Waals surface area contributed by atoms with Gasteiger partial charge in [0.05, 0.1) is 11.3 Å². The van der Waals surface area contributed by atoms with E-state index in [-0.39, 0.29) is 5.56 Å². The molecule has 2 rings (SSSR count). The Hall–Kier alpha value is -2.22. The number of nitrogens with one attached hydrogen (secondary N) is 2. The number of rotatable bonds is 2. The van der Waals surface area contributed by atoms with Gasteiger partial charge in [-0.1, -0.05) is 0 Å². The fraction of sp³-hybridized carbons (Fsp3) is 0.400. The Labute approximate surface area is 137 Å². The van der Waals surface area contributed by atoms with Gasteiger partial charge in [0.15, 0.2) is 0 Å². The standard InChI is InChI=1S/C15H18N2O5S/c1-15(2,3)22-14(21)17-10-7-23-11-5-4-8(13(19)20)6-9(11)16-12(10)18/h4-6,10H,7H2,1-3H3,(H,16,18)(H,17,21)(H,19,20)/t10-/m1/s1. The van der Waals surface area contributed by atoms with Crippen LogP contribution >= 0.6 is 11.8 Å². The van der Waals surface area contributed by atoms with Gasteiger partial charge in [-0.2, -0.15) is 0 Å². The molecule has 2 amide bonds. The first kappa shape index (κ1) is 17.1. The van der Waals surface area contributed by atoms with Gasteiger partial charge in [0.25, 0.3) is 0 Å². The van der Waals surface area contributed by atoms with Gasteiger partial charge in [0.2, 0.25) is 5.91 Å². The van der Waals surface area contributed by atoms with Crippen molar-refractivity contribution in [2.24, 2.45) is 0 Å². The van der Waals surface area contributed by atoms with Crippen LogP contribution in [0.25, 0.3) is 0 Å². The first-order chi connectivity index (χ1) is 10.7. The van der Waals surface area contributed by atoms with Crippen molar-refractivity contribution in [2.75, 3.05) is 11.1 Å². The van der Waals surface area contributed by atoms with Gasteiger partial charge in [0, 0.05) is 10.6 Å². The van der Waals surface area contributed by atoms with Crippen LogP contribution in [0, 0.1) is 0 Å². The van der Waals surface area contributed by atoms with Crippen LogP contribution in [0.1, 0.15) is 31.1 Å². The zero-order valence-corrected chi connectivity index (χ0v) is 13.8. The van der Waals surface area contributed by atoms with Crippen molar-refractivity contribution < 1.29 is 24.2 Å². The van der Waals surface area contributed by atoms with Gasteiger partial charge in [-0.25, -0.2) is 9.59 Å². The lowest BCUT2D eigenvalue weighted by molar-refractivity contribution is -0.117. The van der Waals surface area contributed by atoms with Crippen LogP contribution in [0.3, 0.4) is 0 Å². The van der Waals surface area contributed by atoms with E-state index < -0.39 is 29.6 Å². The molecule has 8 heteroatoms. The number of carbonyl (C=O) groups excluding carboxylic acids is 2. The molecule has 23 heavy (non-hydrogen) atoms. The number of fused-ring (bicyclic) bond motifs is 1. The Morgan fingerprint density at radius 3 is 2.70 bits per heavy atom. The van der Waals surface area contributed by atoms with E-state index in [0.717, 1.165) is 4.90 Å². The summed E-state index contributed by atoms with van der Waals surface area (Å²) >= 11 is 1.36. The number of carboxylic acid groups (broad SMARTS) is 1. The minimum Gasteiger partial charge on any atom is -0.478 e. The van der Waals surface area contributed by atoms with Crippen LogP contribution in [0.5, 0.6) is 0 Å². The smallest absolute Gasteiger partial charge is 0.408 e. The Morgan fingerprint density at radius 1 is 1.39 bits per heavy atom. The lowest BCUT2D eigenvalue weighted by atomic mass is 10.2. The Morgan fingerprint density at radius 2 is 2.09 bits per heavy atom. The van der Waals surface area contributed by atoms with Crippen LogP contribution < -0.4 is 10.6 Å². The molecule has 0 aromatic heterocycles. The number of anilines is 1. The Kier molecular flexibility index (Phi) is 4.84. The molecule has 0 fully saturated rings. The number of amides is 2. The second-order valence-electron chi connectivity index (χ2n) is 6.02. The molecule has 1 atom stereocenters. The quantitative estimate of drug-likeness (QED) is 0.764. The highest BCUT2D eigenvalue weighted by atomic mass is 32.2. The van der Waals surface area contributed by atoms with E-state index in [1.807, 2.05) is 0 Å². The zero-order chi connectivity index (χ0) is 17.2. The van der Waals surface area contributed by atoms with Crippen LogP contribution in [-0.4, -0.2) is 40.5 Å². The molecule has 124 valence electrons. The fourth-order valence-corrected chi connectivity index (χ4v) is 2.92. The minimum absolute atomic E-state index is 0.0863. The predicted molar refractivity (Wildman–Crippen MR) is 85.9 cm³/mol. The number of alkyl carbamates (subject to hydrolysis) is 1. The third-order valence-corrected chi connectivity index (χ3v) is 4.06. The van der Waals surface area contributed by atoms with Crippen molar-refractivity contribution in [3.05, 3.63) is 23.8 Å². The summed E-state index contributed by atoms with van der Waals surface area (Å²) in [5.41, 5.74) is -0.144. The van der Waals surface area contributed by atoms with Gasteiger partial charge >= 0.3 is 12.1 Å². The molecule has 0 saturated heterocycles. The van der Waals surface area contributed by atoms with Crippen molar-refractivity contribution in [2.45, 2.75) is 37.3 Å². The summed E-state index contributed by atoms with van der Waals surface area (Å²) in [5.74, 6) is -1.16. The lowest BCUT2D eigenvalue weighted by Gasteiger charge is -2.22. The number of ether oxygens (including phenoxy) is 1. The van der Waals surface area contributed by atoms with Gasteiger partial charge in [0.1, 0.15) is 11.6 Å². The van der Waals surface area contributed by atoms with E-state index in [9.17, 15) is 14.4 Å². The first-order valence-electron chi connectivity index (χ1n) is 6.96. The molecule has 0 unspecified atom stereocenters. The third-order valence-electron chi connectivity index (χ3n) is 2.90. The summed E-state index contributed by atoms with van der Waals surface area (Å²) in [6.45, 7) is 5.20. The van der Waals surface area contributed by atoms with Crippen LogP contribution in [-0.2, 0) is 9.53 Å². The largest absolute Gasteiger partial charge is 0.478 e. The highest BCUT2D eigenvalue weighted by Gasteiger charge is 2.28. The second-order valence-corrected chi connectivity index (χ2v) is 7.08. The molecular formula is C15H18N2O5S. The third kappa shape index (κ3) is 4.62. The minimum atomic E-state index is -1.07. The Balaban J connectivity index is 2.10. The van der Waals surface area contributed by atoms with Crippen molar-refractivity contribution in [1.82, 2.24) is 5.32 Å². The van der Waals surface area contributed by atoms with Gasteiger partial charge in [-0.15, -0.1) is 11.8 Å². The van der Waals surface area contributed by atoms with E-state index in [1.54, 1.807) is 26.8 Å². The molecule has 7 nitrogen and oxygen atoms in total. The second kappa shape index (κ2) is 6.49. The van der Waals surface area contributed by atoms with E-state index in [0.29, 0.717) is 11.4 Å². The highest BCUT2D eigenvalue weighted by molar-refractivity contribution is 7.99. The summed E-state index contributed by atoms with van der Waals surface area (Å²) in [7, 11) is 0. The van der Waals surface area contributed by atoms with E-state index in [4.69, 9.17) is 9.84 Å². The SMILES string of the molecule is CC(C)(C)OC(=O)N[C@@H]1CSc2ccc(C(=O)O)cc2NC1=O. The molecule has 1 aliphatic heterocycles. The van der Waals surface area contributed by atoms with Crippen molar-refractivity contribution >= 4 is 35.4 Å². The van der Waals surface area contributed by atoms with Crippen molar-refractivity contribution in [1.29, 1.82) is 0 Å². The normalized spacial score (nSPS) is 17.5. The molecule has 1 aliphatic rings. The zero-order valence-electron chi connectivity index (χ0n) is 13.0.